The molecule has 3 rings (SSSR count). The fourth-order valence-corrected chi connectivity index (χ4v) is 4.32. The minimum Gasteiger partial charge on any atom is -0.369 e. The summed E-state index contributed by atoms with van der Waals surface area (Å²) in [7, 11) is 0. The van der Waals surface area contributed by atoms with Crippen LogP contribution in [0.1, 0.15) is 41.0 Å². The Morgan fingerprint density at radius 3 is 2.71 bits per heavy atom. The number of halogens is 2. The van der Waals surface area contributed by atoms with Gasteiger partial charge in [-0.05, 0) is 32.6 Å². The number of rotatable bonds is 4. The van der Waals surface area contributed by atoms with E-state index in [1.165, 1.54) is 4.68 Å². The number of nitrogens with zero attached hydrogens (tertiary/aromatic N) is 3. The number of nitrogens with two attached hydrogens (primary N) is 1. The zero-order valence-corrected chi connectivity index (χ0v) is 13.9. The third-order valence-corrected chi connectivity index (χ3v) is 5.55. The first-order valence-electron chi connectivity index (χ1n) is 8.17. The monoisotopic (exact) mass is 340 g/mol. The van der Waals surface area contributed by atoms with Crippen LogP contribution in [0.2, 0.25) is 0 Å². The second kappa shape index (κ2) is 5.82. The smallest absolute Gasteiger partial charge is 0.257 e. The fraction of sp³-hybridized carbons (Fsp3) is 0.688. The third kappa shape index (κ3) is 2.48. The number of aromatic nitrogens is 2. The Balaban J connectivity index is 1.86. The predicted octanol–water partition coefficient (Wildman–Crippen LogP) is 1.49. The molecule has 2 amide bonds. The highest BCUT2D eigenvalue weighted by atomic mass is 19.3. The highest BCUT2D eigenvalue weighted by molar-refractivity contribution is 5.97. The van der Waals surface area contributed by atoms with Gasteiger partial charge in [0.15, 0.2) is 0 Å². The van der Waals surface area contributed by atoms with E-state index in [1.807, 2.05) is 0 Å². The number of carbonyl (C=O) groups excluding carboxylic acids is 2. The SMILES string of the molecule is Cc1nn(CC(F)F)c(C)c1C(=O)N1C[C@@H]2CCC[C@]2(C(N)=O)C1. The molecule has 6 nitrogen and oxygen atoms in total. The summed E-state index contributed by atoms with van der Waals surface area (Å²) >= 11 is 0. The number of alkyl halides is 2. The predicted molar refractivity (Wildman–Crippen MR) is 82.6 cm³/mol. The lowest BCUT2D eigenvalue weighted by molar-refractivity contribution is -0.128. The van der Waals surface area contributed by atoms with E-state index in [9.17, 15) is 18.4 Å². The van der Waals surface area contributed by atoms with Crippen molar-refractivity contribution >= 4 is 11.8 Å². The highest BCUT2D eigenvalue weighted by Gasteiger charge is 2.54. The topological polar surface area (TPSA) is 81.2 Å². The molecule has 1 saturated carbocycles. The van der Waals surface area contributed by atoms with Crippen molar-refractivity contribution in [3.8, 4) is 0 Å². The molecule has 0 aromatic carbocycles. The first-order valence-corrected chi connectivity index (χ1v) is 8.17. The molecule has 8 heteroatoms. The van der Waals surface area contributed by atoms with Gasteiger partial charge < -0.3 is 10.6 Å². The van der Waals surface area contributed by atoms with Crippen LogP contribution in [0.25, 0.3) is 0 Å². The molecular formula is C16H22F2N4O2. The van der Waals surface area contributed by atoms with E-state index in [4.69, 9.17) is 5.73 Å². The maximum absolute atomic E-state index is 12.9. The Labute approximate surface area is 139 Å². The zero-order valence-electron chi connectivity index (χ0n) is 13.9. The van der Waals surface area contributed by atoms with Gasteiger partial charge in [-0.15, -0.1) is 0 Å². The Morgan fingerprint density at radius 1 is 1.42 bits per heavy atom. The van der Waals surface area contributed by atoms with E-state index in [2.05, 4.69) is 5.10 Å². The Hall–Kier alpha value is -1.99. The molecule has 0 spiro atoms. The van der Waals surface area contributed by atoms with Crippen molar-refractivity contribution < 1.29 is 18.4 Å². The largest absolute Gasteiger partial charge is 0.369 e. The second-order valence-corrected chi connectivity index (χ2v) is 6.91. The van der Waals surface area contributed by atoms with Gasteiger partial charge in [-0.25, -0.2) is 8.78 Å². The van der Waals surface area contributed by atoms with Gasteiger partial charge in [0.25, 0.3) is 12.3 Å². The van der Waals surface area contributed by atoms with Crippen LogP contribution in [0.5, 0.6) is 0 Å². The summed E-state index contributed by atoms with van der Waals surface area (Å²) in [6.45, 7) is 3.53. The fourth-order valence-electron chi connectivity index (χ4n) is 4.32. The quantitative estimate of drug-likeness (QED) is 0.902. The van der Waals surface area contributed by atoms with Crippen LogP contribution in [0.15, 0.2) is 0 Å². The Bertz CT molecular complexity index is 688. The minimum absolute atomic E-state index is 0.0932. The molecule has 0 bridgehead atoms. The van der Waals surface area contributed by atoms with E-state index in [-0.39, 0.29) is 17.7 Å². The van der Waals surface area contributed by atoms with E-state index < -0.39 is 18.4 Å². The van der Waals surface area contributed by atoms with Gasteiger partial charge in [0.05, 0.1) is 16.7 Å². The zero-order chi connectivity index (χ0) is 17.6. The first kappa shape index (κ1) is 16.9. The van der Waals surface area contributed by atoms with E-state index >= 15 is 0 Å². The lowest BCUT2D eigenvalue weighted by atomic mass is 9.80. The van der Waals surface area contributed by atoms with Crippen LogP contribution >= 0.6 is 0 Å². The maximum Gasteiger partial charge on any atom is 0.257 e. The van der Waals surface area contributed by atoms with Crippen LogP contribution in [-0.4, -0.2) is 46.0 Å². The van der Waals surface area contributed by atoms with Crippen molar-refractivity contribution in [2.45, 2.75) is 46.1 Å². The van der Waals surface area contributed by atoms with Gasteiger partial charge in [0.2, 0.25) is 5.91 Å². The molecule has 2 atom stereocenters. The molecule has 1 aromatic rings. The number of hydrogen-bond donors (Lipinski definition) is 1. The molecular weight excluding hydrogens is 318 g/mol. The summed E-state index contributed by atoms with van der Waals surface area (Å²) in [6, 6.07) is 0. The number of carbonyl (C=O) groups is 2. The number of hydrogen-bond acceptors (Lipinski definition) is 3. The number of aryl methyl sites for hydroxylation is 1. The summed E-state index contributed by atoms with van der Waals surface area (Å²) < 4.78 is 26.4. The lowest BCUT2D eigenvalue weighted by Gasteiger charge is -2.24. The van der Waals surface area contributed by atoms with E-state index in [0.29, 0.717) is 36.5 Å². The van der Waals surface area contributed by atoms with Crippen LogP contribution in [0, 0.1) is 25.2 Å². The molecule has 1 aliphatic carbocycles. The van der Waals surface area contributed by atoms with Crippen LogP contribution in [0.4, 0.5) is 8.78 Å². The van der Waals surface area contributed by atoms with Crippen molar-refractivity contribution in [1.82, 2.24) is 14.7 Å². The van der Waals surface area contributed by atoms with Crippen molar-refractivity contribution in [2.24, 2.45) is 17.1 Å². The molecule has 1 aromatic heterocycles. The molecule has 1 saturated heterocycles. The highest BCUT2D eigenvalue weighted by Crippen LogP contribution is 2.48. The Kier molecular flexibility index (Phi) is 4.09. The van der Waals surface area contributed by atoms with Crippen molar-refractivity contribution in [1.29, 1.82) is 0 Å². The average molecular weight is 340 g/mol. The summed E-state index contributed by atoms with van der Waals surface area (Å²) in [5.74, 6) is -0.502. The summed E-state index contributed by atoms with van der Waals surface area (Å²) in [5.41, 5.74) is 6.21. The van der Waals surface area contributed by atoms with Gasteiger partial charge >= 0.3 is 0 Å². The van der Waals surface area contributed by atoms with Crippen LogP contribution in [-0.2, 0) is 11.3 Å². The maximum atomic E-state index is 12.9. The van der Waals surface area contributed by atoms with Gasteiger partial charge in [-0.2, -0.15) is 5.10 Å². The van der Waals surface area contributed by atoms with E-state index in [0.717, 1.165) is 12.8 Å². The first-order chi connectivity index (χ1) is 11.3. The second-order valence-electron chi connectivity index (χ2n) is 6.91. The number of amides is 2. The van der Waals surface area contributed by atoms with Gasteiger partial charge in [0.1, 0.15) is 6.54 Å². The molecule has 24 heavy (non-hydrogen) atoms. The molecule has 2 heterocycles. The molecule has 132 valence electrons. The summed E-state index contributed by atoms with van der Waals surface area (Å²) in [6.07, 6.45) is 0.00424. The molecule has 0 radical (unpaired) electrons. The van der Waals surface area contributed by atoms with Gasteiger partial charge in [0, 0.05) is 18.8 Å². The molecule has 2 N–H and O–H groups in total. The normalized spacial score (nSPS) is 26.2. The van der Waals surface area contributed by atoms with Crippen molar-refractivity contribution in [2.75, 3.05) is 13.1 Å². The molecule has 0 unspecified atom stereocenters. The lowest BCUT2D eigenvalue weighted by Crippen LogP contribution is -2.41. The van der Waals surface area contributed by atoms with E-state index in [1.54, 1.807) is 18.7 Å². The number of fused-ring (bicyclic) bond motifs is 1. The minimum atomic E-state index is -2.53. The summed E-state index contributed by atoms with van der Waals surface area (Å²) in [4.78, 5) is 26.5. The summed E-state index contributed by atoms with van der Waals surface area (Å²) in [5, 5.41) is 4.06. The standard InChI is InChI=1S/C16H22F2N4O2/c1-9-13(10(2)22(20-9)7-12(17)18)14(23)21-6-11-4-3-5-16(11,8-21)15(19)24/h11-12H,3-8H2,1-2H3,(H2,19,24)/t11-,16-/m0/s1. The van der Waals surface area contributed by atoms with Crippen molar-refractivity contribution in [3.05, 3.63) is 17.0 Å². The number of likely N-dealkylation sites (tertiary alicyclic amines) is 1. The molecule has 1 aliphatic heterocycles. The molecule has 2 aliphatic rings. The number of primary amides is 1. The van der Waals surface area contributed by atoms with Crippen molar-refractivity contribution in [3.63, 3.8) is 0 Å². The molecule has 2 fully saturated rings. The van der Waals surface area contributed by atoms with Gasteiger partial charge in [-0.1, -0.05) is 6.42 Å². The average Bonchev–Trinajstić information content (AvgIpc) is 3.10. The Morgan fingerprint density at radius 2 is 2.12 bits per heavy atom. The third-order valence-electron chi connectivity index (χ3n) is 5.55. The van der Waals surface area contributed by atoms with Gasteiger partial charge in [-0.3, -0.25) is 14.3 Å². The van der Waals surface area contributed by atoms with Crippen LogP contribution < -0.4 is 5.73 Å². The van der Waals surface area contributed by atoms with Crippen LogP contribution in [0.3, 0.4) is 0 Å².